The maximum atomic E-state index is 13.5. The van der Waals surface area contributed by atoms with Gasteiger partial charge in [-0.3, -0.25) is 4.79 Å². The van der Waals surface area contributed by atoms with Crippen molar-refractivity contribution in [3.8, 4) is 17.1 Å². The number of piperazine rings is 1. The summed E-state index contributed by atoms with van der Waals surface area (Å²) in [5, 5.41) is 3.72. The molecule has 4 heterocycles. The summed E-state index contributed by atoms with van der Waals surface area (Å²) in [6.07, 6.45) is -3.11. The highest BCUT2D eigenvalue weighted by atomic mass is 32.1. The Bertz CT molecular complexity index is 1180. The van der Waals surface area contributed by atoms with Gasteiger partial charge in [0.1, 0.15) is 28.9 Å². The minimum atomic E-state index is -4.56. The lowest BCUT2D eigenvalue weighted by Crippen LogP contribution is -2.54. The Kier molecular flexibility index (Phi) is 6.47. The van der Waals surface area contributed by atoms with E-state index in [1.807, 2.05) is 11.8 Å². The van der Waals surface area contributed by atoms with Crippen molar-refractivity contribution in [3.63, 3.8) is 0 Å². The normalized spacial score (nSPS) is 16.7. The van der Waals surface area contributed by atoms with Gasteiger partial charge in [-0.25, -0.2) is 19.6 Å². The van der Waals surface area contributed by atoms with Gasteiger partial charge in [0.2, 0.25) is 16.8 Å². The van der Waals surface area contributed by atoms with E-state index >= 15 is 0 Å². The molecule has 1 fully saturated rings. The van der Waals surface area contributed by atoms with Gasteiger partial charge < -0.3 is 14.5 Å². The van der Waals surface area contributed by atoms with E-state index in [1.165, 1.54) is 13.3 Å². The Morgan fingerprint density at radius 1 is 1.24 bits per heavy atom. The van der Waals surface area contributed by atoms with E-state index in [1.54, 1.807) is 35.6 Å². The smallest absolute Gasteiger partial charge is 0.443 e. The molecule has 34 heavy (non-hydrogen) atoms. The molecule has 0 bridgehead atoms. The van der Waals surface area contributed by atoms with Crippen LogP contribution in [0, 0.1) is 13.8 Å². The van der Waals surface area contributed by atoms with Crippen molar-refractivity contribution in [1.82, 2.24) is 29.6 Å². The second kappa shape index (κ2) is 9.20. The Balaban J connectivity index is 1.56. The molecule has 0 aliphatic carbocycles. The van der Waals surface area contributed by atoms with Gasteiger partial charge in [-0.15, -0.1) is 0 Å². The average molecular weight is 496 g/mol. The summed E-state index contributed by atoms with van der Waals surface area (Å²) in [4.78, 5) is 28.7. The molecule has 1 unspecified atom stereocenters. The number of alkyl halides is 3. The number of ether oxygens (including phenoxy) is 1. The number of hydrogen-bond donors (Lipinski definition) is 0. The Morgan fingerprint density at radius 3 is 2.56 bits per heavy atom. The van der Waals surface area contributed by atoms with E-state index in [4.69, 9.17) is 4.74 Å². The number of halogens is 3. The van der Waals surface area contributed by atoms with Crippen LogP contribution in [0.4, 0.5) is 18.2 Å². The fourth-order valence-corrected chi connectivity index (χ4v) is 4.91. The molecule has 0 aromatic carbocycles. The van der Waals surface area contributed by atoms with E-state index in [0.717, 1.165) is 0 Å². The van der Waals surface area contributed by atoms with Crippen LogP contribution in [0.3, 0.4) is 0 Å². The van der Waals surface area contributed by atoms with Gasteiger partial charge in [0.25, 0.3) is 0 Å². The molecule has 13 heteroatoms. The Labute approximate surface area is 198 Å². The summed E-state index contributed by atoms with van der Waals surface area (Å²) in [6.45, 7) is 6.61. The van der Waals surface area contributed by atoms with Crippen LogP contribution in [0.5, 0.6) is 5.88 Å². The number of pyridine rings is 1. The maximum absolute atomic E-state index is 13.5. The van der Waals surface area contributed by atoms with Crippen molar-refractivity contribution in [2.45, 2.75) is 39.5 Å². The molecule has 3 aromatic rings. The standard InChI is InChI=1S/C21H24F3N7O2S/c1-12-10-29(7-8-30(12)17(32)11-31-14(3)26-13(2)28-31)19-18(27-20(34-19)21(22,23)24)15-5-6-16(33-4)25-9-15/h5-6,9,12H,7-8,10-11H2,1-4H3. The SMILES string of the molecule is COc1ccc(-c2nc(C(F)(F)F)sc2N2CCN(C(=O)Cn3nc(C)nc3C)C(C)C2)cn1. The van der Waals surface area contributed by atoms with E-state index < -0.39 is 11.2 Å². The highest BCUT2D eigenvalue weighted by molar-refractivity contribution is 7.16. The topological polar surface area (TPSA) is 89.3 Å². The largest absolute Gasteiger partial charge is 0.481 e. The highest BCUT2D eigenvalue weighted by Gasteiger charge is 2.38. The predicted molar refractivity (Wildman–Crippen MR) is 120 cm³/mol. The number of nitrogens with zero attached hydrogens (tertiary/aromatic N) is 7. The number of methoxy groups -OCH3 is 1. The van der Waals surface area contributed by atoms with E-state index in [9.17, 15) is 18.0 Å². The van der Waals surface area contributed by atoms with Crippen molar-refractivity contribution in [2.24, 2.45) is 0 Å². The highest BCUT2D eigenvalue weighted by Crippen LogP contribution is 2.43. The van der Waals surface area contributed by atoms with Crippen LogP contribution in [-0.4, -0.2) is 68.3 Å². The number of anilines is 1. The predicted octanol–water partition coefficient (Wildman–Crippen LogP) is 3.18. The van der Waals surface area contributed by atoms with Crippen LogP contribution >= 0.6 is 11.3 Å². The lowest BCUT2D eigenvalue weighted by atomic mass is 10.1. The molecular formula is C21H24F3N7O2S. The number of carbonyl (C=O) groups excluding carboxylic acids is 1. The molecule has 182 valence electrons. The first-order valence-electron chi connectivity index (χ1n) is 10.6. The fraction of sp³-hybridized carbons (Fsp3) is 0.476. The first kappa shape index (κ1) is 23.9. The van der Waals surface area contributed by atoms with Crippen molar-refractivity contribution < 1.29 is 22.7 Å². The molecule has 0 saturated carbocycles. The molecule has 1 atom stereocenters. The number of aryl methyl sites for hydroxylation is 2. The summed E-state index contributed by atoms with van der Waals surface area (Å²) in [5.41, 5.74) is 0.680. The number of amides is 1. The second-order valence-corrected chi connectivity index (χ2v) is 8.98. The van der Waals surface area contributed by atoms with Gasteiger partial charge >= 0.3 is 6.18 Å². The zero-order chi connectivity index (χ0) is 24.6. The van der Waals surface area contributed by atoms with Gasteiger partial charge in [0, 0.05) is 43.5 Å². The number of thiazole rings is 1. The van der Waals surface area contributed by atoms with Crippen LogP contribution < -0.4 is 9.64 Å². The monoisotopic (exact) mass is 495 g/mol. The summed E-state index contributed by atoms with van der Waals surface area (Å²) in [5.74, 6) is 1.49. The summed E-state index contributed by atoms with van der Waals surface area (Å²) >= 11 is 0.602. The molecular weight excluding hydrogens is 471 g/mol. The molecule has 9 nitrogen and oxygen atoms in total. The van der Waals surface area contributed by atoms with Crippen LogP contribution in [0.1, 0.15) is 23.6 Å². The Morgan fingerprint density at radius 2 is 2.00 bits per heavy atom. The molecule has 3 aromatic heterocycles. The molecule has 1 saturated heterocycles. The molecule has 1 aliphatic rings. The molecule has 0 radical (unpaired) electrons. The summed E-state index contributed by atoms with van der Waals surface area (Å²) in [7, 11) is 1.46. The molecule has 0 N–H and O–H groups in total. The maximum Gasteiger partial charge on any atom is 0.443 e. The first-order chi connectivity index (χ1) is 16.1. The lowest BCUT2D eigenvalue weighted by Gasteiger charge is -2.40. The molecule has 1 aliphatic heterocycles. The first-order valence-corrected chi connectivity index (χ1v) is 11.4. The van der Waals surface area contributed by atoms with Gasteiger partial charge in [0.05, 0.1) is 7.11 Å². The summed E-state index contributed by atoms with van der Waals surface area (Å²) in [6, 6.07) is 3.00. The molecule has 1 amide bonds. The number of rotatable bonds is 5. The van der Waals surface area contributed by atoms with Crippen LogP contribution in [0.25, 0.3) is 11.3 Å². The van der Waals surface area contributed by atoms with Crippen molar-refractivity contribution in [3.05, 3.63) is 35.0 Å². The lowest BCUT2D eigenvalue weighted by molar-refractivity contribution is -0.137. The van der Waals surface area contributed by atoms with E-state index in [-0.39, 0.29) is 24.2 Å². The van der Waals surface area contributed by atoms with Gasteiger partial charge in [-0.05, 0) is 26.8 Å². The average Bonchev–Trinajstić information content (AvgIpc) is 3.37. The third-order valence-corrected chi connectivity index (χ3v) is 6.71. The van der Waals surface area contributed by atoms with E-state index in [0.29, 0.717) is 59.1 Å². The van der Waals surface area contributed by atoms with Gasteiger partial charge in [0.15, 0.2) is 0 Å². The number of aromatic nitrogens is 5. The minimum absolute atomic E-state index is 0.0680. The van der Waals surface area contributed by atoms with Crippen molar-refractivity contribution >= 4 is 22.2 Å². The van der Waals surface area contributed by atoms with Crippen LogP contribution in [-0.2, 0) is 17.5 Å². The zero-order valence-corrected chi connectivity index (χ0v) is 19.9. The number of hydrogen-bond acceptors (Lipinski definition) is 8. The van der Waals surface area contributed by atoms with Gasteiger partial charge in [-0.1, -0.05) is 11.3 Å². The van der Waals surface area contributed by atoms with Crippen LogP contribution in [0.15, 0.2) is 18.3 Å². The zero-order valence-electron chi connectivity index (χ0n) is 19.1. The quantitative estimate of drug-likeness (QED) is 0.537. The number of carbonyl (C=O) groups is 1. The fourth-order valence-electron chi connectivity index (χ4n) is 3.92. The Hall–Kier alpha value is -3.22. The third-order valence-electron chi connectivity index (χ3n) is 5.55. The minimum Gasteiger partial charge on any atom is -0.481 e. The van der Waals surface area contributed by atoms with Crippen molar-refractivity contribution in [1.29, 1.82) is 0 Å². The van der Waals surface area contributed by atoms with E-state index in [2.05, 4.69) is 20.1 Å². The van der Waals surface area contributed by atoms with Crippen LogP contribution in [0.2, 0.25) is 0 Å². The third kappa shape index (κ3) is 4.83. The molecule has 4 rings (SSSR count). The molecule has 0 spiro atoms. The van der Waals surface area contributed by atoms with Crippen molar-refractivity contribution in [2.75, 3.05) is 31.6 Å². The summed E-state index contributed by atoms with van der Waals surface area (Å²) < 4.78 is 47.1. The van der Waals surface area contributed by atoms with Gasteiger partial charge in [-0.2, -0.15) is 18.3 Å². The second-order valence-electron chi connectivity index (χ2n) is 8.01.